The number of hydrogen-bond donors (Lipinski definition) is 2. The number of rotatable bonds is 7. The lowest BCUT2D eigenvalue weighted by Gasteiger charge is -2.21. The second kappa shape index (κ2) is 10.2. The van der Waals surface area contributed by atoms with Gasteiger partial charge in [-0.15, -0.1) is 0 Å². The van der Waals surface area contributed by atoms with E-state index in [1.165, 1.54) is 38.8 Å². The highest BCUT2D eigenvalue weighted by molar-refractivity contribution is 5.80. The number of nitrogens with one attached hydrogen (secondary N) is 2. The van der Waals surface area contributed by atoms with Crippen LogP contribution in [0.5, 0.6) is 0 Å². The number of halogens is 1. The van der Waals surface area contributed by atoms with Crippen molar-refractivity contribution >= 4 is 5.96 Å². The Kier molecular flexibility index (Phi) is 7.68. The number of likely N-dealkylation sites (tertiary alicyclic amines) is 1. The Bertz CT molecular complexity index is 654. The Balaban J connectivity index is 1.46. The van der Waals surface area contributed by atoms with Gasteiger partial charge < -0.3 is 20.4 Å². The summed E-state index contributed by atoms with van der Waals surface area (Å²) in [6.45, 7) is 4.77. The zero-order valence-electron chi connectivity index (χ0n) is 17.7. The van der Waals surface area contributed by atoms with Crippen LogP contribution in [0.15, 0.2) is 23.2 Å². The number of aliphatic imine (C=N–C) groups is 1. The normalized spacial score (nSPS) is 21.6. The Morgan fingerprint density at radius 2 is 2.04 bits per heavy atom. The van der Waals surface area contributed by atoms with Crippen molar-refractivity contribution in [1.82, 2.24) is 20.4 Å². The number of guanidine groups is 1. The molecule has 5 nitrogen and oxygen atoms in total. The van der Waals surface area contributed by atoms with Crippen LogP contribution in [0, 0.1) is 11.7 Å². The zero-order valence-corrected chi connectivity index (χ0v) is 17.7. The molecule has 0 amide bonds. The third-order valence-electron chi connectivity index (χ3n) is 5.88. The van der Waals surface area contributed by atoms with E-state index in [1.54, 1.807) is 6.07 Å². The fourth-order valence-electron chi connectivity index (χ4n) is 4.45. The fourth-order valence-corrected chi connectivity index (χ4v) is 4.45. The van der Waals surface area contributed by atoms with Crippen molar-refractivity contribution in [2.24, 2.45) is 10.9 Å². The summed E-state index contributed by atoms with van der Waals surface area (Å²) in [7, 11) is 5.71. The molecule has 1 unspecified atom stereocenters. The van der Waals surface area contributed by atoms with E-state index in [0.29, 0.717) is 19.1 Å². The van der Waals surface area contributed by atoms with Crippen LogP contribution in [-0.2, 0) is 13.1 Å². The summed E-state index contributed by atoms with van der Waals surface area (Å²) < 4.78 is 14.0. The summed E-state index contributed by atoms with van der Waals surface area (Å²) >= 11 is 0. The third kappa shape index (κ3) is 6.17. The van der Waals surface area contributed by atoms with E-state index < -0.39 is 0 Å². The molecular weight excluding hydrogens is 353 g/mol. The molecule has 2 fully saturated rings. The predicted octanol–water partition coefficient (Wildman–Crippen LogP) is 2.82. The van der Waals surface area contributed by atoms with Gasteiger partial charge in [-0.3, -0.25) is 4.99 Å². The molecule has 1 atom stereocenters. The van der Waals surface area contributed by atoms with E-state index in [0.717, 1.165) is 36.0 Å². The molecule has 0 bridgehead atoms. The van der Waals surface area contributed by atoms with Crippen molar-refractivity contribution in [3.8, 4) is 0 Å². The standard InChI is InChI=1S/C22H36FN5/c1-24-22(25-13-18-8-9-21(23)19(12-18)15-27(2)3)26-20-10-11-28(16-20)14-17-6-4-5-7-17/h8-9,12,17,20H,4-7,10-11,13-16H2,1-3H3,(H2,24,25,26). The summed E-state index contributed by atoms with van der Waals surface area (Å²) in [6, 6.07) is 5.79. The monoisotopic (exact) mass is 389 g/mol. The quantitative estimate of drug-likeness (QED) is 0.556. The first-order chi connectivity index (χ1) is 13.5. The van der Waals surface area contributed by atoms with Crippen LogP contribution >= 0.6 is 0 Å². The van der Waals surface area contributed by atoms with Gasteiger partial charge in [0, 0.05) is 51.4 Å². The summed E-state index contributed by atoms with van der Waals surface area (Å²) in [4.78, 5) is 8.96. The molecule has 1 aliphatic heterocycles. The maximum absolute atomic E-state index is 14.0. The first kappa shape index (κ1) is 21.1. The third-order valence-corrected chi connectivity index (χ3v) is 5.88. The summed E-state index contributed by atoms with van der Waals surface area (Å²) in [5.74, 6) is 1.59. The van der Waals surface area contributed by atoms with Gasteiger partial charge in [0.25, 0.3) is 0 Å². The highest BCUT2D eigenvalue weighted by Crippen LogP contribution is 2.26. The van der Waals surface area contributed by atoms with Crippen LogP contribution in [-0.4, -0.2) is 62.6 Å². The Hall–Kier alpha value is -1.66. The van der Waals surface area contributed by atoms with Crippen molar-refractivity contribution < 1.29 is 4.39 Å². The van der Waals surface area contributed by atoms with Crippen molar-refractivity contribution in [2.75, 3.05) is 40.8 Å². The van der Waals surface area contributed by atoms with E-state index in [1.807, 2.05) is 38.2 Å². The molecule has 1 saturated carbocycles. The lowest BCUT2D eigenvalue weighted by atomic mass is 10.1. The molecule has 1 aromatic carbocycles. The predicted molar refractivity (Wildman–Crippen MR) is 114 cm³/mol. The summed E-state index contributed by atoms with van der Waals surface area (Å²) in [5, 5.41) is 6.95. The highest BCUT2D eigenvalue weighted by Gasteiger charge is 2.26. The van der Waals surface area contributed by atoms with Gasteiger partial charge in [-0.25, -0.2) is 4.39 Å². The smallest absolute Gasteiger partial charge is 0.191 e. The van der Waals surface area contributed by atoms with Gasteiger partial charge >= 0.3 is 0 Å². The molecule has 1 aliphatic carbocycles. The second-order valence-electron chi connectivity index (χ2n) is 8.63. The average Bonchev–Trinajstić information content (AvgIpc) is 3.33. The molecule has 2 aliphatic rings. The molecule has 156 valence electrons. The lowest BCUT2D eigenvalue weighted by molar-refractivity contribution is 0.275. The minimum atomic E-state index is -0.145. The molecule has 0 aromatic heterocycles. The lowest BCUT2D eigenvalue weighted by Crippen LogP contribution is -2.44. The molecule has 6 heteroatoms. The topological polar surface area (TPSA) is 42.9 Å². The van der Waals surface area contributed by atoms with E-state index >= 15 is 0 Å². The van der Waals surface area contributed by atoms with Gasteiger partial charge in [0.15, 0.2) is 5.96 Å². The molecule has 2 N–H and O–H groups in total. The molecular formula is C22H36FN5. The highest BCUT2D eigenvalue weighted by atomic mass is 19.1. The first-order valence-corrected chi connectivity index (χ1v) is 10.6. The largest absolute Gasteiger partial charge is 0.352 e. The van der Waals surface area contributed by atoms with E-state index in [4.69, 9.17) is 0 Å². The van der Waals surface area contributed by atoms with Crippen molar-refractivity contribution in [3.05, 3.63) is 35.1 Å². The molecule has 0 spiro atoms. The molecule has 1 heterocycles. The maximum Gasteiger partial charge on any atom is 0.191 e. The van der Waals surface area contributed by atoms with Crippen molar-refractivity contribution in [1.29, 1.82) is 0 Å². The van der Waals surface area contributed by atoms with Crippen molar-refractivity contribution in [2.45, 2.75) is 51.2 Å². The van der Waals surface area contributed by atoms with Crippen LogP contribution in [0.3, 0.4) is 0 Å². The number of benzene rings is 1. The Morgan fingerprint density at radius 3 is 2.75 bits per heavy atom. The van der Waals surface area contributed by atoms with E-state index in [9.17, 15) is 4.39 Å². The minimum absolute atomic E-state index is 0.145. The molecule has 1 aromatic rings. The number of hydrogen-bond acceptors (Lipinski definition) is 3. The molecule has 1 saturated heterocycles. The maximum atomic E-state index is 14.0. The molecule has 0 radical (unpaired) electrons. The van der Waals surface area contributed by atoms with Gasteiger partial charge in [-0.1, -0.05) is 18.9 Å². The Morgan fingerprint density at radius 1 is 1.25 bits per heavy atom. The Labute approximate surface area is 169 Å². The second-order valence-corrected chi connectivity index (χ2v) is 8.63. The average molecular weight is 390 g/mol. The summed E-state index contributed by atoms with van der Waals surface area (Å²) in [6.07, 6.45) is 6.81. The minimum Gasteiger partial charge on any atom is -0.352 e. The first-order valence-electron chi connectivity index (χ1n) is 10.6. The SMILES string of the molecule is CN=C(NCc1ccc(F)c(CN(C)C)c1)NC1CCN(CC2CCCC2)C1. The van der Waals surface area contributed by atoms with Gasteiger partial charge in [0.05, 0.1) is 0 Å². The molecule has 28 heavy (non-hydrogen) atoms. The van der Waals surface area contributed by atoms with Gasteiger partial charge in [-0.05, 0) is 57.0 Å². The van der Waals surface area contributed by atoms with Gasteiger partial charge in [0.2, 0.25) is 0 Å². The van der Waals surface area contributed by atoms with Crippen LogP contribution in [0.2, 0.25) is 0 Å². The van der Waals surface area contributed by atoms with Crippen molar-refractivity contribution in [3.63, 3.8) is 0 Å². The molecule has 3 rings (SSSR count). The number of nitrogens with zero attached hydrogens (tertiary/aromatic N) is 3. The van der Waals surface area contributed by atoms with Crippen LogP contribution in [0.1, 0.15) is 43.2 Å². The fraction of sp³-hybridized carbons (Fsp3) is 0.682. The zero-order chi connectivity index (χ0) is 19.9. The summed E-state index contributed by atoms with van der Waals surface area (Å²) in [5.41, 5.74) is 1.79. The van der Waals surface area contributed by atoms with Crippen LogP contribution in [0.4, 0.5) is 4.39 Å². The van der Waals surface area contributed by atoms with Gasteiger partial charge in [0.1, 0.15) is 5.82 Å². The van der Waals surface area contributed by atoms with E-state index in [2.05, 4.69) is 20.5 Å². The van der Waals surface area contributed by atoms with Gasteiger partial charge in [-0.2, -0.15) is 0 Å². The van der Waals surface area contributed by atoms with E-state index in [-0.39, 0.29) is 5.82 Å². The van der Waals surface area contributed by atoms with Crippen LogP contribution < -0.4 is 10.6 Å². The van der Waals surface area contributed by atoms with Crippen LogP contribution in [0.25, 0.3) is 0 Å².